The van der Waals surface area contributed by atoms with Gasteiger partial charge in [0.1, 0.15) is 11.8 Å². The molecule has 4 fully saturated rings. The molecule has 4 aliphatic carbocycles. The molecule has 5 aliphatic rings. The first-order chi connectivity index (χ1) is 16.9. The molecule has 0 aromatic heterocycles. The number of carbonyl (C=O) groups excluding carboxylic acids is 4. The lowest BCUT2D eigenvalue weighted by Gasteiger charge is -2.56. The molecular weight excluding hydrogens is 467 g/mol. The van der Waals surface area contributed by atoms with Crippen LogP contribution < -0.4 is 0 Å². The number of ketones is 2. The number of hydrogen-bond acceptors (Lipinski definition) is 7. The standard InChI is InChI=1S/C28H35FO7/c1-6-23(32)34-14-21(31)27(36-24(33)7-2)15(3)10-17-18-12-20(29)19-11-16(30)8-9-25(19,4)28(18)22(35-28)13-26(17,27)5/h8-9,11,15,17-18,20,22H,6-7,10,12-14H2,1-5H3/t15-,17-,18-,20-,22-,25-,26-,27-,28+/m0/s1. The molecule has 0 N–H and O–H groups in total. The molecule has 1 aliphatic heterocycles. The van der Waals surface area contributed by atoms with Gasteiger partial charge in [0, 0.05) is 29.6 Å². The summed E-state index contributed by atoms with van der Waals surface area (Å²) in [6.45, 7) is 8.64. The molecule has 1 saturated heterocycles. The fourth-order valence-electron chi connectivity index (χ4n) is 8.44. The van der Waals surface area contributed by atoms with E-state index in [9.17, 15) is 19.2 Å². The van der Waals surface area contributed by atoms with Crippen molar-refractivity contribution in [3.63, 3.8) is 0 Å². The minimum absolute atomic E-state index is 0.0993. The number of hydrogen-bond donors (Lipinski definition) is 0. The number of rotatable bonds is 6. The van der Waals surface area contributed by atoms with Crippen LogP contribution in [0.5, 0.6) is 0 Å². The van der Waals surface area contributed by atoms with Crippen molar-refractivity contribution in [1.29, 1.82) is 0 Å². The van der Waals surface area contributed by atoms with Crippen molar-refractivity contribution in [2.75, 3.05) is 6.61 Å². The number of alkyl halides is 1. The minimum atomic E-state index is -1.50. The van der Waals surface area contributed by atoms with Crippen molar-refractivity contribution in [3.05, 3.63) is 23.8 Å². The molecule has 0 amide bonds. The van der Waals surface area contributed by atoms with Crippen LogP contribution in [0.15, 0.2) is 23.8 Å². The minimum Gasteiger partial charge on any atom is -0.457 e. The van der Waals surface area contributed by atoms with Gasteiger partial charge in [-0.25, -0.2) is 4.39 Å². The van der Waals surface area contributed by atoms with E-state index in [1.165, 1.54) is 12.2 Å². The van der Waals surface area contributed by atoms with Crippen molar-refractivity contribution in [1.82, 2.24) is 0 Å². The smallest absolute Gasteiger partial charge is 0.306 e. The van der Waals surface area contributed by atoms with E-state index in [1.807, 2.05) is 20.8 Å². The van der Waals surface area contributed by atoms with Crippen LogP contribution in [0.3, 0.4) is 0 Å². The van der Waals surface area contributed by atoms with Crippen molar-refractivity contribution in [2.24, 2.45) is 28.6 Å². The van der Waals surface area contributed by atoms with Crippen molar-refractivity contribution < 1.29 is 37.8 Å². The number of Topliss-reactive ketones (excluding diaryl/α,β-unsaturated/α-hetero) is 1. The first-order valence-corrected chi connectivity index (χ1v) is 13.1. The molecule has 3 saturated carbocycles. The first kappa shape index (κ1) is 25.3. The summed E-state index contributed by atoms with van der Waals surface area (Å²) in [6, 6.07) is 0. The predicted octanol–water partition coefficient (Wildman–Crippen LogP) is 3.83. The predicted molar refractivity (Wildman–Crippen MR) is 126 cm³/mol. The fourth-order valence-corrected chi connectivity index (χ4v) is 8.44. The summed E-state index contributed by atoms with van der Waals surface area (Å²) < 4.78 is 33.5. The lowest BCUT2D eigenvalue weighted by Crippen LogP contribution is -2.64. The van der Waals surface area contributed by atoms with Crippen LogP contribution in [0.25, 0.3) is 0 Å². The number of carbonyl (C=O) groups is 4. The lowest BCUT2D eigenvalue weighted by atomic mass is 9.46. The fraction of sp³-hybridized carbons (Fsp3) is 0.714. The number of allylic oxidation sites excluding steroid dienone is 2. The topological polar surface area (TPSA) is 99.3 Å². The molecule has 7 nitrogen and oxygen atoms in total. The Morgan fingerprint density at radius 2 is 1.81 bits per heavy atom. The number of fused-ring (bicyclic) bond motifs is 3. The highest BCUT2D eigenvalue weighted by molar-refractivity contribution is 6.01. The Morgan fingerprint density at radius 1 is 1.11 bits per heavy atom. The highest BCUT2D eigenvalue weighted by atomic mass is 19.1. The van der Waals surface area contributed by atoms with E-state index in [4.69, 9.17) is 14.2 Å². The van der Waals surface area contributed by atoms with Crippen LogP contribution in [-0.2, 0) is 33.4 Å². The van der Waals surface area contributed by atoms with Crippen LogP contribution in [0.1, 0.15) is 66.7 Å². The van der Waals surface area contributed by atoms with E-state index in [1.54, 1.807) is 19.9 Å². The molecule has 8 heteroatoms. The Kier molecular flexibility index (Phi) is 5.67. The second-order valence-corrected chi connectivity index (χ2v) is 11.6. The van der Waals surface area contributed by atoms with Crippen LogP contribution in [0, 0.1) is 28.6 Å². The van der Waals surface area contributed by atoms with Crippen LogP contribution in [0.4, 0.5) is 4.39 Å². The van der Waals surface area contributed by atoms with Gasteiger partial charge in [-0.2, -0.15) is 0 Å². The lowest BCUT2D eigenvalue weighted by molar-refractivity contribution is -0.195. The number of epoxide rings is 1. The van der Waals surface area contributed by atoms with Gasteiger partial charge in [-0.3, -0.25) is 19.2 Å². The summed E-state index contributed by atoms with van der Waals surface area (Å²) in [4.78, 5) is 50.5. The monoisotopic (exact) mass is 502 g/mol. The summed E-state index contributed by atoms with van der Waals surface area (Å²) in [7, 11) is 0. The van der Waals surface area contributed by atoms with Gasteiger partial charge in [0.25, 0.3) is 0 Å². The van der Waals surface area contributed by atoms with E-state index < -0.39 is 52.5 Å². The molecule has 1 spiro atoms. The number of esters is 2. The van der Waals surface area contributed by atoms with Gasteiger partial charge in [-0.05, 0) is 55.7 Å². The Hall–Kier alpha value is -2.35. The highest BCUT2D eigenvalue weighted by Gasteiger charge is 2.83. The second kappa shape index (κ2) is 8.07. The van der Waals surface area contributed by atoms with Gasteiger partial charge >= 0.3 is 11.9 Å². The van der Waals surface area contributed by atoms with E-state index in [0.29, 0.717) is 18.4 Å². The molecule has 9 atom stereocenters. The quantitative estimate of drug-likeness (QED) is 0.402. The molecule has 0 radical (unpaired) electrons. The zero-order valence-corrected chi connectivity index (χ0v) is 21.6. The third-order valence-electron chi connectivity index (χ3n) is 10.1. The molecular formula is C28H35FO7. The molecule has 1 heterocycles. The zero-order valence-electron chi connectivity index (χ0n) is 21.6. The van der Waals surface area contributed by atoms with E-state index >= 15 is 4.39 Å². The van der Waals surface area contributed by atoms with E-state index in [-0.39, 0.29) is 48.9 Å². The summed E-state index contributed by atoms with van der Waals surface area (Å²) in [5.74, 6) is -2.39. The molecule has 0 aromatic rings. The Labute approximate surface area is 210 Å². The molecule has 36 heavy (non-hydrogen) atoms. The van der Waals surface area contributed by atoms with Crippen LogP contribution in [0.2, 0.25) is 0 Å². The number of halogens is 1. The number of ether oxygens (including phenoxy) is 3. The van der Waals surface area contributed by atoms with Crippen molar-refractivity contribution in [2.45, 2.75) is 90.2 Å². The molecule has 0 unspecified atom stereocenters. The second-order valence-electron chi connectivity index (χ2n) is 11.6. The maximum Gasteiger partial charge on any atom is 0.306 e. The molecule has 0 bridgehead atoms. The summed E-state index contributed by atoms with van der Waals surface area (Å²) >= 11 is 0. The Balaban J connectivity index is 1.57. The summed E-state index contributed by atoms with van der Waals surface area (Å²) in [6.07, 6.45) is 4.53. The van der Waals surface area contributed by atoms with E-state index in [0.717, 1.165) is 0 Å². The third kappa shape index (κ3) is 2.99. The van der Waals surface area contributed by atoms with Gasteiger partial charge in [0.15, 0.2) is 18.0 Å². The highest BCUT2D eigenvalue weighted by Crippen LogP contribution is 2.77. The van der Waals surface area contributed by atoms with Gasteiger partial charge in [-0.1, -0.05) is 33.8 Å². The van der Waals surface area contributed by atoms with Crippen molar-refractivity contribution >= 4 is 23.5 Å². The van der Waals surface area contributed by atoms with Gasteiger partial charge in [0.05, 0.1) is 6.10 Å². The molecule has 0 aromatic carbocycles. The molecule has 5 rings (SSSR count). The average molecular weight is 503 g/mol. The largest absolute Gasteiger partial charge is 0.457 e. The average Bonchev–Trinajstić information content (AvgIpc) is 3.52. The van der Waals surface area contributed by atoms with Crippen molar-refractivity contribution in [3.8, 4) is 0 Å². The Bertz CT molecular complexity index is 1100. The summed E-state index contributed by atoms with van der Waals surface area (Å²) in [5.41, 5.74) is -3.28. The maximum absolute atomic E-state index is 15.7. The van der Waals surface area contributed by atoms with Gasteiger partial charge in [0.2, 0.25) is 5.78 Å². The van der Waals surface area contributed by atoms with Gasteiger partial charge < -0.3 is 14.2 Å². The van der Waals surface area contributed by atoms with E-state index in [2.05, 4.69) is 0 Å². The SMILES string of the molecule is CCC(=O)OCC(=O)[C@@]1(OC(=O)CC)[C@@H](C)C[C@H]2[C@@H]3C[C@H](F)C4=CC(=O)C=C[C@]4(C)[C@@]34O[C@H]4C[C@@]21C. The molecule has 196 valence electrons. The van der Waals surface area contributed by atoms with Crippen LogP contribution in [-0.4, -0.2) is 53.6 Å². The Morgan fingerprint density at radius 3 is 2.47 bits per heavy atom. The third-order valence-corrected chi connectivity index (χ3v) is 10.1. The van der Waals surface area contributed by atoms with Gasteiger partial charge in [-0.15, -0.1) is 0 Å². The summed E-state index contributed by atoms with van der Waals surface area (Å²) in [5, 5.41) is 0. The normalized spacial score (nSPS) is 46.0. The first-order valence-electron chi connectivity index (χ1n) is 13.1. The maximum atomic E-state index is 15.7. The van der Waals surface area contributed by atoms with Crippen LogP contribution >= 0.6 is 0 Å². The zero-order chi connectivity index (χ0) is 26.3.